The van der Waals surface area contributed by atoms with Gasteiger partial charge < -0.3 is 15.2 Å². The highest BCUT2D eigenvalue weighted by molar-refractivity contribution is 5.43. The number of hydrogen-bond acceptors (Lipinski definition) is 5. The zero-order valence-corrected chi connectivity index (χ0v) is 11.2. The Bertz CT molecular complexity index is 539. The summed E-state index contributed by atoms with van der Waals surface area (Å²) in [5.41, 5.74) is 7.40. The van der Waals surface area contributed by atoms with Gasteiger partial charge in [-0.2, -0.15) is 0 Å². The molecule has 102 valence electrons. The number of nitrogens with two attached hydrogens (primary N) is 1. The molecule has 1 aromatic carbocycles. The molecule has 6 nitrogen and oxygen atoms in total. The van der Waals surface area contributed by atoms with Crippen LogP contribution in [0, 0.1) is 0 Å². The van der Waals surface area contributed by atoms with Crippen LogP contribution in [0.2, 0.25) is 0 Å². The molecular formula is C13H18N4O2. The van der Waals surface area contributed by atoms with Gasteiger partial charge in [0.15, 0.2) is 11.5 Å². The Labute approximate surface area is 112 Å². The number of hydrogen-bond donors (Lipinski definition) is 1. The SMILES string of the molecule is CCOc1cc(CN)ccc1OCc1cn(C)nn1. The van der Waals surface area contributed by atoms with E-state index >= 15 is 0 Å². The Balaban J connectivity index is 2.10. The van der Waals surface area contributed by atoms with Gasteiger partial charge in [-0.3, -0.25) is 4.68 Å². The molecule has 2 rings (SSSR count). The molecule has 0 spiro atoms. The van der Waals surface area contributed by atoms with Crippen molar-refractivity contribution in [1.29, 1.82) is 0 Å². The first kappa shape index (κ1) is 13.4. The predicted octanol–water partition coefficient (Wildman–Crippen LogP) is 1.25. The average Bonchev–Trinajstić information content (AvgIpc) is 2.83. The number of rotatable bonds is 6. The third-order valence-electron chi connectivity index (χ3n) is 2.57. The minimum absolute atomic E-state index is 0.357. The number of aryl methyl sites for hydroxylation is 1. The lowest BCUT2D eigenvalue weighted by molar-refractivity contribution is 0.266. The molecule has 0 saturated carbocycles. The zero-order valence-electron chi connectivity index (χ0n) is 11.2. The monoisotopic (exact) mass is 262 g/mol. The second kappa shape index (κ2) is 6.19. The maximum absolute atomic E-state index is 5.71. The Morgan fingerprint density at radius 1 is 1.26 bits per heavy atom. The Morgan fingerprint density at radius 3 is 2.74 bits per heavy atom. The van der Waals surface area contributed by atoms with Gasteiger partial charge in [-0.25, -0.2) is 0 Å². The third-order valence-corrected chi connectivity index (χ3v) is 2.57. The Morgan fingerprint density at radius 2 is 2.11 bits per heavy atom. The van der Waals surface area contributed by atoms with Crippen LogP contribution in [-0.4, -0.2) is 21.6 Å². The lowest BCUT2D eigenvalue weighted by Gasteiger charge is -2.12. The summed E-state index contributed by atoms with van der Waals surface area (Å²) in [6.07, 6.45) is 1.81. The van der Waals surface area contributed by atoms with Gasteiger partial charge in [0.2, 0.25) is 0 Å². The normalized spacial score (nSPS) is 10.5. The molecule has 0 bridgehead atoms. The van der Waals surface area contributed by atoms with Crippen LogP contribution in [0.25, 0.3) is 0 Å². The summed E-state index contributed by atoms with van der Waals surface area (Å²) in [5, 5.41) is 7.82. The van der Waals surface area contributed by atoms with Crippen LogP contribution in [0.1, 0.15) is 18.2 Å². The van der Waals surface area contributed by atoms with Crippen molar-refractivity contribution in [3.63, 3.8) is 0 Å². The van der Waals surface area contributed by atoms with Gasteiger partial charge in [0.05, 0.1) is 12.8 Å². The summed E-state index contributed by atoms with van der Waals surface area (Å²) in [6, 6.07) is 5.69. The third kappa shape index (κ3) is 3.45. The molecule has 19 heavy (non-hydrogen) atoms. The molecule has 0 unspecified atom stereocenters. The maximum Gasteiger partial charge on any atom is 0.161 e. The zero-order chi connectivity index (χ0) is 13.7. The second-order valence-corrected chi connectivity index (χ2v) is 4.09. The van der Waals surface area contributed by atoms with Crippen molar-refractivity contribution in [3.8, 4) is 11.5 Å². The summed E-state index contributed by atoms with van der Waals surface area (Å²) in [6.45, 7) is 3.34. The van der Waals surface area contributed by atoms with E-state index in [1.54, 1.807) is 4.68 Å². The van der Waals surface area contributed by atoms with Gasteiger partial charge in [-0.1, -0.05) is 11.3 Å². The van der Waals surface area contributed by atoms with Gasteiger partial charge in [0.1, 0.15) is 12.3 Å². The fourth-order valence-corrected chi connectivity index (χ4v) is 1.68. The number of ether oxygens (including phenoxy) is 2. The van der Waals surface area contributed by atoms with Crippen molar-refractivity contribution < 1.29 is 9.47 Å². The first-order valence-electron chi connectivity index (χ1n) is 6.16. The van der Waals surface area contributed by atoms with E-state index in [9.17, 15) is 0 Å². The fraction of sp³-hybridized carbons (Fsp3) is 0.385. The summed E-state index contributed by atoms with van der Waals surface area (Å²) in [4.78, 5) is 0. The van der Waals surface area contributed by atoms with Crippen LogP contribution in [0.15, 0.2) is 24.4 Å². The van der Waals surface area contributed by atoms with E-state index in [0.717, 1.165) is 11.3 Å². The molecule has 6 heteroatoms. The van der Waals surface area contributed by atoms with Gasteiger partial charge in [0.25, 0.3) is 0 Å². The van der Waals surface area contributed by atoms with Gasteiger partial charge in [-0.05, 0) is 24.6 Å². The Hall–Kier alpha value is -2.08. The van der Waals surface area contributed by atoms with Crippen molar-refractivity contribution in [1.82, 2.24) is 15.0 Å². The molecule has 0 aliphatic carbocycles. The van der Waals surface area contributed by atoms with Crippen molar-refractivity contribution in [2.24, 2.45) is 12.8 Å². The highest BCUT2D eigenvalue weighted by Gasteiger charge is 2.07. The first-order valence-corrected chi connectivity index (χ1v) is 6.16. The summed E-state index contributed by atoms with van der Waals surface area (Å²) >= 11 is 0. The number of benzene rings is 1. The molecule has 0 aliphatic heterocycles. The molecule has 0 saturated heterocycles. The molecule has 1 aromatic heterocycles. The topological polar surface area (TPSA) is 75.2 Å². The quantitative estimate of drug-likeness (QED) is 0.848. The maximum atomic E-state index is 5.71. The van der Waals surface area contributed by atoms with Crippen LogP contribution >= 0.6 is 0 Å². The number of aromatic nitrogens is 3. The average molecular weight is 262 g/mol. The van der Waals surface area contributed by atoms with Gasteiger partial charge in [0, 0.05) is 13.6 Å². The standard InChI is InChI=1S/C13H18N4O2/c1-3-18-13-6-10(7-14)4-5-12(13)19-9-11-8-17(2)16-15-11/h4-6,8H,3,7,9,14H2,1-2H3. The summed E-state index contributed by atoms with van der Waals surface area (Å²) in [7, 11) is 1.82. The highest BCUT2D eigenvalue weighted by Crippen LogP contribution is 2.29. The van der Waals surface area contributed by atoms with Crippen molar-refractivity contribution in [3.05, 3.63) is 35.7 Å². The minimum atomic E-state index is 0.357. The van der Waals surface area contributed by atoms with Gasteiger partial charge in [-0.15, -0.1) is 5.10 Å². The largest absolute Gasteiger partial charge is 0.490 e. The van der Waals surface area contributed by atoms with E-state index < -0.39 is 0 Å². The van der Waals surface area contributed by atoms with E-state index in [4.69, 9.17) is 15.2 Å². The van der Waals surface area contributed by atoms with Crippen molar-refractivity contribution in [2.75, 3.05) is 6.61 Å². The smallest absolute Gasteiger partial charge is 0.161 e. The van der Waals surface area contributed by atoms with E-state index in [0.29, 0.717) is 31.3 Å². The van der Waals surface area contributed by atoms with Crippen LogP contribution in [0.5, 0.6) is 11.5 Å². The first-order chi connectivity index (χ1) is 9.22. The van der Waals surface area contributed by atoms with E-state index in [1.807, 2.05) is 38.4 Å². The highest BCUT2D eigenvalue weighted by atomic mass is 16.5. The summed E-state index contributed by atoms with van der Waals surface area (Å²) in [5.74, 6) is 1.39. The Kier molecular flexibility index (Phi) is 4.35. The molecule has 0 fully saturated rings. The van der Waals surface area contributed by atoms with Crippen LogP contribution in [-0.2, 0) is 20.2 Å². The molecule has 0 aliphatic rings. The van der Waals surface area contributed by atoms with Crippen LogP contribution in [0.4, 0.5) is 0 Å². The molecular weight excluding hydrogens is 244 g/mol. The molecule has 2 aromatic rings. The lowest BCUT2D eigenvalue weighted by atomic mass is 10.2. The van der Waals surface area contributed by atoms with Crippen LogP contribution in [0.3, 0.4) is 0 Å². The fourth-order valence-electron chi connectivity index (χ4n) is 1.68. The second-order valence-electron chi connectivity index (χ2n) is 4.09. The molecule has 1 heterocycles. The molecule has 0 radical (unpaired) electrons. The molecule has 0 atom stereocenters. The van der Waals surface area contributed by atoms with Crippen molar-refractivity contribution >= 4 is 0 Å². The van der Waals surface area contributed by atoms with E-state index in [2.05, 4.69) is 10.3 Å². The predicted molar refractivity (Wildman–Crippen MR) is 70.8 cm³/mol. The van der Waals surface area contributed by atoms with Gasteiger partial charge >= 0.3 is 0 Å². The van der Waals surface area contributed by atoms with Crippen LogP contribution < -0.4 is 15.2 Å². The molecule has 2 N–H and O–H groups in total. The van der Waals surface area contributed by atoms with E-state index in [1.165, 1.54) is 0 Å². The van der Waals surface area contributed by atoms with E-state index in [-0.39, 0.29) is 0 Å². The molecule has 0 amide bonds. The summed E-state index contributed by atoms with van der Waals surface area (Å²) < 4.78 is 12.9. The van der Waals surface area contributed by atoms with Crippen molar-refractivity contribution in [2.45, 2.75) is 20.1 Å². The minimum Gasteiger partial charge on any atom is -0.490 e. The number of nitrogens with zero attached hydrogens (tertiary/aromatic N) is 3. The lowest BCUT2D eigenvalue weighted by Crippen LogP contribution is -2.02.